The van der Waals surface area contributed by atoms with E-state index in [1.165, 1.54) is 0 Å². The number of ether oxygens (including phenoxy) is 1. The van der Waals surface area contributed by atoms with Gasteiger partial charge in [-0.1, -0.05) is 36.5 Å². The molecule has 1 nitrogen and oxygen atoms in total. The SMILES string of the molecule is [CH2]CCCOc1ccc(Cl)c(Cl)c1. The highest BCUT2D eigenvalue weighted by molar-refractivity contribution is 6.42. The number of hydrogen-bond acceptors (Lipinski definition) is 1. The lowest BCUT2D eigenvalue weighted by atomic mass is 10.3. The molecule has 0 heterocycles. The van der Waals surface area contributed by atoms with Crippen LogP contribution in [-0.4, -0.2) is 6.61 Å². The monoisotopic (exact) mass is 217 g/mol. The fraction of sp³-hybridized carbons (Fsp3) is 0.300. The van der Waals surface area contributed by atoms with Crippen molar-refractivity contribution in [3.63, 3.8) is 0 Å². The molecule has 0 aliphatic heterocycles. The zero-order valence-electron chi connectivity index (χ0n) is 7.22. The van der Waals surface area contributed by atoms with Crippen LogP contribution in [0.25, 0.3) is 0 Å². The summed E-state index contributed by atoms with van der Waals surface area (Å²) in [4.78, 5) is 0. The Bertz CT molecular complexity index is 274. The van der Waals surface area contributed by atoms with E-state index in [1.54, 1.807) is 18.2 Å². The summed E-state index contributed by atoms with van der Waals surface area (Å²) in [5.41, 5.74) is 0. The molecular weight excluding hydrogens is 207 g/mol. The molecular formula is C10H11Cl2O. The van der Waals surface area contributed by atoms with Crippen LogP contribution >= 0.6 is 23.2 Å². The predicted molar refractivity (Wildman–Crippen MR) is 56.5 cm³/mol. The normalized spacial score (nSPS) is 10.1. The minimum atomic E-state index is 0.522. The lowest BCUT2D eigenvalue weighted by Gasteiger charge is -2.05. The highest BCUT2D eigenvalue weighted by Crippen LogP contribution is 2.26. The van der Waals surface area contributed by atoms with Gasteiger partial charge in [-0.25, -0.2) is 0 Å². The van der Waals surface area contributed by atoms with E-state index < -0.39 is 0 Å². The zero-order chi connectivity index (χ0) is 9.68. The van der Waals surface area contributed by atoms with Gasteiger partial charge in [0, 0.05) is 6.07 Å². The average Bonchev–Trinajstić information content (AvgIpc) is 2.12. The second-order valence-corrected chi connectivity index (χ2v) is 3.45. The molecule has 0 saturated heterocycles. The first kappa shape index (κ1) is 10.7. The van der Waals surface area contributed by atoms with Crippen LogP contribution < -0.4 is 4.74 Å². The molecule has 0 amide bonds. The number of hydrogen-bond donors (Lipinski definition) is 0. The molecule has 3 heteroatoms. The summed E-state index contributed by atoms with van der Waals surface area (Å²) < 4.78 is 5.40. The van der Waals surface area contributed by atoms with Gasteiger partial charge in [0.25, 0.3) is 0 Å². The maximum Gasteiger partial charge on any atom is 0.120 e. The average molecular weight is 218 g/mol. The zero-order valence-corrected chi connectivity index (χ0v) is 8.74. The van der Waals surface area contributed by atoms with Gasteiger partial charge in [0.05, 0.1) is 16.7 Å². The Morgan fingerprint density at radius 3 is 2.62 bits per heavy atom. The summed E-state index contributed by atoms with van der Waals surface area (Å²) in [5.74, 6) is 0.753. The molecule has 0 aromatic heterocycles. The van der Waals surface area contributed by atoms with Crippen LogP contribution in [0.1, 0.15) is 12.8 Å². The van der Waals surface area contributed by atoms with E-state index in [0.29, 0.717) is 16.7 Å². The number of rotatable bonds is 4. The van der Waals surface area contributed by atoms with Crippen molar-refractivity contribution < 1.29 is 4.74 Å². The summed E-state index contributed by atoms with van der Waals surface area (Å²) in [6.45, 7) is 4.39. The lowest BCUT2D eigenvalue weighted by molar-refractivity contribution is 0.312. The summed E-state index contributed by atoms with van der Waals surface area (Å²) in [5, 5.41) is 1.07. The van der Waals surface area contributed by atoms with Crippen LogP contribution in [-0.2, 0) is 0 Å². The van der Waals surface area contributed by atoms with Crippen molar-refractivity contribution in [2.75, 3.05) is 6.61 Å². The van der Waals surface area contributed by atoms with E-state index in [0.717, 1.165) is 18.6 Å². The van der Waals surface area contributed by atoms with Crippen LogP contribution in [0, 0.1) is 6.92 Å². The smallest absolute Gasteiger partial charge is 0.120 e. The van der Waals surface area contributed by atoms with Crippen molar-refractivity contribution >= 4 is 23.2 Å². The number of halogens is 2. The molecule has 13 heavy (non-hydrogen) atoms. The number of unbranched alkanes of at least 4 members (excludes halogenated alkanes) is 1. The Hall–Kier alpha value is -0.400. The van der Waals surface area contributed by atoms with Gasteiger partial charge in [0.1, 0.15) is 5.75 Å². The van der Waals surface area contributed by atoms with Crippen molar-refractivity contribution in [1.29, 1.82) is 0 Å². The number of benzene rings is 1. The van der Waals surface area contributed by atoms with Gasteiger partial charge in [-0.15, -0.1) is 0 Å². The van der Waals surface area contributed by atoms with Gasteiger partial charge in [-0.2, -0.15) is 0 Å². The molecule has 1 radical (unpaired) electrons. The molecule has 1 aromatic rings. The maximum absolute atomic E-state index is 5.80. The van der Waals surface area contributed by atoms with Crippen molar-refractivity contribution in [2.24, 2.45) is 0 Å². The van der Waals surface area contributed by atoms with Crippen LogP contribution in [0.5, 0.6) is 5.75 Å². The van der Waals surface area contributed by atoms with E-state index >= 15 is 0 Å². The molecule has 0 aliphatic rings. The largest absolute Gasteiger partial charge is 0.494 e. The maximum atomic E-state index is 5.80. The highest BCUT2D eigenvalue weighted by Gasteiger charge is 1.99. The van der Waals surface area contributed by atoms with E-state index in [1.807, 2.05) is 0 Å². The topological polar surface area (TPSA) is 9.23 Å². The summed E-state index contributed by atoms with van der Waals surface area (Å²) in [7, 11) is 0. The molecule has 1 rings (SSSR count). The minimum absolute atomic E-state index is 0.522. The standard InChI is InChI=1S/C10H11Cl2O/c1-2-3-6-13-8-4-5-9(11)10(12)7-8/h4-5,7H,1-3,6H2. The Labute approximate surface area is 88.6 Å². The fourth-order valence-electron chi connectivity index (χ4n) is 0.859. The Kier molecular flexibility index (Phi) is 4.40. The van der Waals surface area contributed by atoms with Crippen LogP contribution in [0.2, 0.25) is 10.0 Å². The third-order valence-corrected chi connectivity index (χ3v) is 2.29. The van der Waals surface area contributed by atoms with Gasteiger partial charge in [0.15, 0.2) is 0 Å². The molecule has 0 saturated carbocycles. The quantitative estimate of drug-likeness (QED) is 0.694. The highest BCUT2D eigenvalue weighted by atomic mass is 35.5. The van der Waals surface area contributed by atoms with Gasteiger partial charge < -0.3 is 4.74 Å². The first-order valence-electron chi connectivity index (χ1n) is 4.11. The molecule has 0 bridgehead atoms. The molecule has 0 atom stereocenters. The minimum Gasteiger partial charge on any atom is -0.494 e. The van der Waals surface area contributed by atoms with Crippen molar-refractivity contribution in [2.45, 2.75) is 12.8 Å². The van der Waals surface area contributed by atoms with Crippen LogP contribution in [0.15, 0.2) is 18.2 Å². The van der Waals surface area contributed by atoms with Gasteiger partial charge in [0.2, 0.25) is 0 Å². The third kappa shape index (κ3) is 3.45. The first-order valence-corrected chi connectivity index (χ1v) is 4.86. The van der Waals surface area contributed by atoms with E-state index in [-0.39, 0.29) is 0 Å². The lowest BCUT2D eigenvalue weighted by Crippen LogP contribution is -1.95. The Morgan fingerprint density at radius 2 is 2.00 bits per heavy atom. The van der Waals surface area contributed by atoms with Gasteiger partial charge in [-0.05, 0) is 18.6 Å². The second kappa shape index (κ2) is 5.36. The summed E-state index contributed by atoms with van der Waals surface area (Å²) in [6.07, 6.45) is 1.82. The van der Waals surface area contributed by atoms with Crippen molar-refractivity contribution in [3.8, 4) is 5.75 Å². The fourth-order valence-corrected chi connectivity index (χ4v) is 1.15. The molecule has 0 unspecified atom stereocenters. The van der Waals surface area contributed by atoms with E-state index in [4.69, 9.17) is 27.9 Å². The third-order valence-electron chi connectivity index (χ3n) is 1.55. The molecule has 0 N–H and O–H groups in total. The van der Waals surface area contributed by atoms with E-state index in [2.05, 4.69) is 6.92 Å². The van der Waals surface area contributed by atoms with Crippen molar-refractivity contribution in [3.05, 3.63) is 35.2 Å². The molecule has 0 fully saturated rings. The van der Waals surface area contributed by atoms with E-state index in [9.17, 15) is 0 Å². The summed E-state index contributed by atoms with van der Waals surface area (Å²) in [6, 6.07) is 5.24. The molecule has 0 spiro atoms. The molecule has 0 aliphatic carbocycles. The van der Waals surface area contributed by atoms with Gasteiger partial charge >= 0.3 is 0 Å². The summed E-state index contributed by atoms with van der Waals surface area (Å²) >= 11 is 11.5. The van der Waals surface area contributed by atoms with Crippen LogP contribution in [0.4, 0.5) is 0 Å². The second-order valence-electron chi connectivity index (χ2n) is 2.63. The Morgan fingerprint density at radius 1 is 1.23 bits per heavy atom. The first-order chi connectivity index (χ1) is 6.24. The van der Waals surface area contributed by atoms with Crippen LogP contribution in [0.3, 0.4) is 0 Å². The van der Waals surface area contributed by atoms with Crippen molar-refractivity contribution in [1.82, 2.24) is 0 Å². The predicted octanol–water partition coefficient (Wildman–Crippen LogP) is 3.99. The molecule has 71 valence electrons. The Balaban J connectivity index is 2.53. The van der Waals surface area contributed by atoms with Gasteiger partial charge in [-0.3, -0.25) is 0 Å². The molecule has 1 aromatic carbocycles.